The summed E-state index contributed by atoms with van der Waals surface area (Å²) in [6, 6.07) is 26.5. The van der Waals surface area contributed by atoms with E-state index in [4.69, 9.17) is 4.74 Å². The molecule has 4 nitrogen and oxygen atoms in total. The van der Waals surface area contributed by atoms with Crippen molar-refractivity contribution in [2.24, 2.45) is 0 Å². The lowest BCUT2D eigenvalue weighted by Gasteiger charge is -2.16. The van der Waals surface area contributed by atoms with Crippen molar-refractivity contribution in [3.63, 3.8) is 0 Å². The van der Waals surface area contributed by atoms with Crippen molar-refractivity contribution < 1.29 is 19.7 Å². The molecule has 0 radical (unpaired) electrons. The molecule has 0 aliphatic rings. The highest BCUT2D eigenvalue weighted by Gasteiger charge is 2.21. The average Bonchev–Trinajstić information content (AvgIpc) is 2.79. The molecule has 0 heterocycles. The van der Waals surface area contributed by atoms with Crippen LogP contribution in [0.3, 0.4) is 0 Å². The molecule has 4 rings (SSSR count). The Labute approximate surface area is 180 Å². The number of carbonyl (C=O) groups is 1. The van der Waals surface area contributed by atoms with Gasteiger partial charge in [-0.25, -0.2) is 4.79 Å². The number of rotatable bonds is 6. The van der Waals surface area contributed by atoms with E-state index in [0.29, 0.717) is 22.8 Å². The van der Waals surface area contributed by atoms with Gasteiger partial charge in [0, 0.05) is 10.9 Å². The fraction of sp³-hybridized carbons (Fsp3) is 0.0741. The number of phenolic OH excluding ortho intramolecular Hbond substituents is 1. The molecule has 4 aromatic rings. The smallest absolute Gasteiger partial charge is 0.336 e. The van der Waals surface area contributed by atoms with Gasteiger partial charge in [-0.15, -0.1) is 0 Å². The minimum Gasteiger partial charge on any atom is -0.504 e. The third-order valence-corrected chi connectivity index (χ3v) is 5.28. The SMILES string of the molecule is COc1cc(/C(=C\c2ccccc2)C(=O)O)c2cccc(Cc3ccccc3)c2c1O. The third-order valence-electron chi connectivity index (χ3n) is 5.28. The minimum absolute atomic E-state index is 0.0113. The highest BCUT2D eigenvalue weighted by atomic mass is 16.5. The van der Waals surface area contributed by atoms with E-state index in [1.165, 1.54) is 7.11 Å². The molecule has 0 aliphatic heterocycles. The van der Waals surface area contributed by atoms with Crippen LogP contribution < -0.4 is 4.74 Å². The molecular formula is C27H22O4. The zero-order valence-electron chi connectivity index (χ0n) is 17.1. The van der Waals surface area contributed by atoms with Crippen LogP contribution in [0.15, 0.2) is 84.9 Å². The summed E-state index contributed by atoms with van der Waals surface area (Å²) in [4.78, 5) is 12.2. The molecule has 31 heavy (non-hydrogen) atoms. The van der Waals surface area contributed by atoms with Crippen molar-refractivity contribution in [2.45, 2.75) is 6.42 Å². The van der Waals surface area contributed by atoms with Crippen molar-refractivity contribution in [1.82, 2.24) is 0 Å². The lowest BCUT2D eigenvalue weighted by atomic mass is 9.91. The molecule has 0 saturated heterocycles. The van der Waals surface area contributed by atoms with Gasteiger partial charge in [-0.2, -0.15) is 0 Å². The van der Waals surface area contributed by atoms with Crippen LogP contribution in [0.5, 0.6) is 11.5 Å². The molecule has 4 aromatic carbocycles. The summed E-state index contributed by atoms with van der Waals surface area (Å²) in [5.41, 5.74) is 3.39. The Kier molecular flexibility index (Phi) is 5.72. The molecule has 0 atom stereocenters. The van der Waals surface area contributed by atoms with E-state index in [1.54, 1.807) is 12.1 Å². The van der Waals surface area contributed by atoms with Crippen molar-refractivity contribution >= 4 is 28.4 Å². The molecule has 0 aliphatic carbocycles. The summed E-state index contributed by atoms with van der Waals surface area (Å²) < 4.78 is 5.41. The number of carboxylic acid groups (broad SMARTS) is 1. The number of benzene rings is 4. The van der Waals surface area contributed by atoms with Gasteiger partial charge in [0.2, 0.25) is 0 Å². The van der Waals surface area contributed by atoms with E-state index in [0.717, 1.165) is 16.7 Å². The Hall–Kier alpha value is -4.05. The van der Waals surface area contributed by atoms with Crippen LogP contribution in [0.4, 0.5) is 0 Å². The van der Waals surface area contributed by atoms with Crippen molar-refractivity contribution in [3.8, 4) is 11.5 Å². The first kappa shape index (κ1) is 20.2. The van der Waals surface area contributed by atoms with E-state index >= 15 is 0 Å². The Bertz CT molecular complexity index is 1260. The fourth-order valence-corrected chi connectivity index (χ4v) is 3.82. The second kappa shape index (κ2) is 8.76. The minimum atomic E-state index is -1.05. The van der Waals surface area contributed by atoms with Gasteiger partial charge < -0.3 is 14.9 Å². The zero-order valence-corrected chi connectivity index (χ0v) is 17.1. The molecule has 154 valence electrons. The number of aliphatic carboxylic acids is 1. The van der Waals surface area contributed by atoms with Crippen molar-refractivity contribution in [1.29, 1.82) is 0 Å². The highest BCUT2D eigenvalue weighted by Crippen LogP contribution is 2.42. The van der Waals surface area contributed by atoms with Gasteiger partial charge in [0.05, 0.1) is 12.7 Å². The Morgan fingerprint density at radius 2 is 1.61 bits per heavy atom. The van der Waals surface area contributed by atoms with Crippen molar-refractivity contribution in [3.05, 3.63) is 107 Å². The number of aromatic hydroxyl groups is 1. The van der Waals surface area contributed by atoms with Gasteiger partial charge in [-0.3, -0.25) is 0 Å². The van der Waals surface area contributed by atoms with Crippen LogP contribution in [0.1, 0.15) is 22.3 Å². The quantitative estimate of drug-likeness (QED) is 0.313. The lowest BCUT2D eigenvalue weighted by Crippen LogP contribution is -2.02. The number of hydrogen-bond acceptors (Lipinski definition) is 3. The molecule has 0 spiro atoms. The van der Waals surface area contributed by atoms with Gasteiger partial charge in [0.1, 0.15) is 0 Å². The van der Waals surface area contributed by atoms with Gasteiger partial charge >= 0.3 is 5.97 Å². The predicted molar refractivity (Wildman–Crippen MR) is 123 cm³/mol. The van der Waals surface area contributed by atoms with Crippen LogP contribution in [-0.2, 0) is 11.2 Å². The number of carboxylic acids is 1. The molecule has 2 N–H and O–H groups in total. The number of phenols is 1. The first-order chi connectivity index (χ1) is 15.1. The summed E-state index contributed by atoms with van der Waals surface area (Å²) in [5, 5.41) is 22.2. The molecular weight excluding hydrogens is 388 g/mol. The fourth-order valence-electron chi connectivity index (χ4n) is 3.82. The molecule has 0 unspecified atom stereocenters. The van der Waals surface area contributed by atoms with Gasteiger partial charge in [0.15, 0.2) is 11.5 Å². The van der Waals surface area contributed by atoms with Gasteiger partial charge in [0.25, 0.3) is 0 Å². The first-order valence-electron chi connectivity index (χ1n) is 9.94. The van der Waals surface area contributed by atoms with E-state index in [9.17, 15) is 15.0 Å². The summed E-state index contributed by atoms with van der Waals surface area (Å²) in [7, 11) is 1.46. The molecule has 0 saturated carbocycles. The molecule has 0 fully saturated rings. The van der Waals surface area contributed by atoms with E-state index in [1.807, 2.05) is 78.9 Å². The van der Waals surface area contributed by atoms with Crippen LogP contribution in [0.25, 0.3) is 22.4 Å². The van der Waals surface area contributed by atoms with Crippen LogP contribution >= 0.6 is 0 Å². The highest BCUT2D eigenvalue weighted by molar-refractivity contribution is 6.24. The van der Waals surface area contributed by atoms with Gasteiger partial charge in [-0.1, -0.05) is 78.9 Å². The van der Waals surface area contributed by atoms with Crippen LogP contribution in [0.2, 0.25) is 0 Å². The number of methoxy groups -OCH3 is 1. The second-order valence-corrected chi connectivity index (χ2v) is 7.25. The summed E-state index contributed by atoms with van der Waals surface area (Å²) in [5.74, 6) is -0.799. The Morgan fingerprint density at radius 3 is 2.26 bits per heavy atom. The van der Waals surface area contributed by atoms with Crippen LogP contribution in [0, 0.1) is 0 Å². The standard InChI is InChI=1S/C27H22O4/c1-31-24-17-22(23(27(29)30)16-19-11-6-3-7-12-19)21-14-8-13-20(25(21)26(24)28)15-18-9-4-2-5-10-18/h2-14,16-17,28H,15H2,1H3,(H,29,30)/b23-16+. The number of fused-ring (bicyclic) bond motifs is 1. The Morgan fingerprint density at radius 1 is 0.935 bits per heavy atom. The van der Waals surface area contributed by atoms with E-state index in [2.05, 4.69) is 0 Å². The molecule has 0 aromatic heterocycles. The molecule has 0 amide bonds. The monoisotopic (exact) mass is 410 g/mol. The number of hydrogen-bond donors (Lipinski definition) is 2. The summed E-state index contributed by atoms with van der Waals surface area (Å²) in [6.45, 7) is 0. The lowest BCUT2D eigenvalue weighted by molar-refractivity contribution is -0.130. The maximum Gasteiger partial charge on any atom is 0.336 e. The second-order valence-electron chi connectivity index (χ2n) is 7.25. The molecule has 4 heteroatoms. The van der Waals surface area contributed by atoms with Crippen LogP contribution in [-0.4, -0.2) is 23.3 Å². The molecule has 0 bridgehead atoms. The largest absolute Gasteiger partial charge is 0.504 e. The third kappa shape index (κ3) is 4.14. The summed E-state index contributed by atoms with van der Waals surface area (Å²) >= 11 is 0. The van der Waals surface area contributed by atoms with Gasteiger partial charge in [-0.05, 0) is 40.6 Å². The van der Waals surface area contributed by atoms with E-state index < -0.39 is 5.97 Å². The normalized spacial score (nSPS) is 11.5. The topological polar surface area (TPSA) is 66.8 Å². The first-order valence-corrected chi connectivity index (χ1v) is 9.94. The van der Waals surface area contributed by atoms with Crippen molar-refractivity contribution in [2.75, 3.05) is 7.11 Å². The maximum atomic E-state index is 12.2. The average molecular weight is 410 g/mol. The zero-order chi connectivity index (χ0) is 21.8. The predicted octanol–water partition coefficient (Wildman–Crippen LogP) is 5.77. The van der Waals surface area contributed by atoms with E-state index in [-0.39, 0.29) is 17.1 Å². The Balaban J connectivity index is 1.97. The summed E-state index contributed by atoms with van der Waals surface area (Å²) in [6.07, 6.45) is 2.24. The number of ether oxygens (including phenoxy) is 1. The maximum absolute atomic E-state index is 12.2.